The highest BCUT2D eigenvalue weighted by atomic mass is 16.6. The van der Waals surface area contributed by atoms with Gasteiger partial charge in [0.2, 0.25) is 0 Å². The minimum absolute atomic E-state index is 0.0101. The lowest BCUT2D eigenvalue weighted by Gasteiger charge is -2.05. The summed E-state index contributed by atoms with van der Waals surface area (Å²) in [5.41, 5.74) is 0.0623. The monoisotopic (exact) mass is 287 g/mol. The number of carboxylic acids is 2. The van der Waals surface area contributed by atoms with Crippen LogP contribution in [-0.2, 0) is 0 Å². The Hall–Kier alpha value is -3.22. The molecule has 0 bridgehead atoms. The van der Waals surface area contributed by atoms with Gasteiger partial charge in [0, 0.05) is 12.1 Å². The number of carboxylic acid groups (broad SMARTS) is 2. The first-order chi connectivity index (χ1) is 9.88. The fraction of sp³-hybridized carbons (Fsp3) is 0. The molecule has 7 heteroatoms. The largest absolute Gasteiger partial charge is 0.478 e. The smallest absolute Gasteiger partial charge is 0.335 e. The molecule has 0 saturated carbocycles. The Morgan fingerprint density at radius 1 is 0.905 bits per heavy atom. The summed E-state index contributed by atoms with van der Waals surface area (Å²) in [6.45, 7) is 0. The topological polar surface area (TPSA) is 118 Å². The van der Waals surface area contributed by atoms with Gasteiger partial charge in [-0.3, -0.25) is 10.1 Å². The van der Waals surface area contributed by atoms with Crippen LogP contribution in [0.3, 0.4) is 0 Å². The molecule has 0 aliphatic heterocycles. The summed E-state index contributed by atoms with van der Waals surface area (Å²) < 4.78 is 0. The van der Waals surface area contributed by atoms with Crippen molar-refractivity contribution in [2.45, 2.75) is 0 Å². The molecule has 7 nitrogen and oxygen atoms in total. The molecular weight excluding hydrogens is 278 g/mol. The number of aromatic carboxylic acids is 2. The van der Waals surface area contributed by atoms with Gasteiger partial charge in [0.25, 0.3) is 5.69 Å². The van der Waals surface area contributed by atoms with Crippen molar-refractivity contribution in [3.05, 3.63) is 63.7 Å². The molecule has 2 N–H and O–H groups in total. The van der Waals surface area contributed by atoms with Crippen molar-refractivity contribution in [1.82, 2.24) is 0 Å². The molecule has 0 amide bonds. The second kappa shape index (κ2) is 5.41. The van der Waals surface area contributed by atoms with Crippen molar-refractivity contribution < 1.29 is 24.7 Å². The number of hydrogen-bond donors (Lipinski definition) is 2. The molecule has 2 aromatic carbocycles. The molecule has 0 aromatic heterocycles. The molecule has 0 unspecified atom stereocenters. The molecule has 0 atom stereocenters. The summed E-state index contributed by atoms with van der Waals surface area (Å²) in [5, 5.41) is 28.8. The summed E-state index contributed by atoms with van der Waals surface area (Å²) in [6, 6.07) is 9.15. The zero-order valence-corrected chi connectivity index (χ0v) is 10.5. The van der Waals surface area contributed by atoms with Crippen LogP contribution in [0.5, 0.6) is 0 Å². The van der Waals surface area contributed by atoms with Crippen molar-refractivity contribution in [3.8, 4) is 11.1 Å². The van der Waals surface area contributed by atoms with E-state index in [9.17, 15) is 19.7 Å². The van der Waals surface area contributed by atoms with E-state index in [0.29, 0.717) is 5.56 Å². The number of nitro groups is 1. The quantitative estimate of drug-likeness (QED) is 0.659. The Morgan fingerprint density at radius 2 is 1.52 bits per heavy atom. The summed E-state index contributed by atoms with van der Waals surface area (Å²) in [6.07, 6.45) is 0. The number of carbonyl (C=O) groups is 2. The van der Waals surface area contributed by atoms with E-state index in [1.165, 1.54) is 30.3 Å². The number of nitrogens with zero attached hydrogens (tertiary/aromatic N) is 1. The number of benzene rings is 2. The minimum Gasteiger partial charge on any atom is -0.478 e. The Labute approximate surface area is 118 Å². The van der Waals surface area contributed by atoms with Gasteiger partial charge in [-0.1, -0.05) is 12.1 Å². The van der Waals surface area contributed by atoms with Crippen molar-refractivity contribution in [2.24, 2.45) is 0 Å². The highest BCUT2D eigenvalue weighted by molar-refractivity contribution is 5.92. The Kier molecular flexibility index (Phi) is 3.66. The molecule has 0 aliphatic carbocycles. The molecule has 0 aliphatic rings. The van der Waals surface area contributed by atoms with Gasteiger partial charge in [-0.2, -0.15) is 0 Å². The highest BCUT2D eigenvalue weighted by Crippen LogP contribution is 2.27. The number of rotatable bonds is 4. The van der Waals surface area contributed by atoms with E-state index in [4.69, 9.17) is 10.2 Å². The maximum Gasteiger partial charge on any atom is 0.335 e. The van der Waals surface area contributed by atoms with E-state index in [1.807, 2.05) is 0 Å². The van der Waals surface area contributed by atoms with E-state index in [-0.39, 0.29) is 22.4 Å². The first-order valence-electron chi connectivity index (χ1n) is 5.75. The fourth-order valence-corrected chi connectivity index (χ4v) is 1.84. The molecule has 2 rings (SSSR count). The van der Waals surface area contributed by atoms with Crippen LogP contribution in [0, 0.1) is 10.1 Å². The van der Waals surface area contributed by atoms with E-state index >= 15 is 0 Å². The van der Waals surface area contributed by atoms with Gasteiger partial charge in [0.05, 0.1) is 16.1 Å². The SMILES string of the molecule is O=C(O)c1cccc(-c2cc(C(=O)O)cc([N+](=O)[O-])c2)c1. The molecule has 0 spiro atoms. The van der Waals surface area contributed by atoms with E-state index in [0.717, 1.165) is 6.07 Å². The van der Waals surface area contributed by atoms with Crippen LogP contribution in [-0.4, -0.2) is 27.1 Å². The lowest BCUT2D eigenvalue weighted by Crippen LogP contribution is -2.00. The van der Waals surface area contributed by atoms with Gasteiger partial charge < -0.3 is 10.2 Å². The van der Waals surface area contributed by atoms with Gasteiger partial charge in [0.1, 0.15) is 0 Å². The van der Waals surface area contributed by atoms with Crippen LogP contribution >= 0.6 is 0 Å². The van der Waals surface area contributed by atoms with Crippen LogP contribution in [0.25, 0.3) is 11.1 Å². The lowest BCUT2D eigenvalue weighted by molar-refractivity contribution is -0.384. The van der Waals surface area contributed by atoms with Crippen molar-refractivity contribution in [3.63, 3.8) is 0 Å². The predicted octanol–water partition coefficient (Wildman–Crippen LogP) is 2.66. The van der Waals surface area contributed by atoms with Gasteiger partial charge >= 0.3 is 11.9 Å². The van der Waals surface area contributed by atoms with Crippen LogP contribution < -0.4 is 0 Å². The predicted molar refractivity (Wildman–Crippen MR) is 72.5 cm³/mol. The molecule has 0 fully saturated rings. The minimum atomic E-state index is -1.30. The molecule has 0 saturated heterocycles. The maximum atomic E-state index is 11.0. The molecule has 0 radical (unpaired) electrons. The summed E-state index contributed by atoms with van der Waals surface area (Å²) in [5.74, 6) is -2.44. The van der Waals surface area contributed by atoms with Crippen molar-refractivity contribution in [1.29, 1.82) is 0 Å². The standard InChI is InChI=1S/C14H9NO6/c16-13(17)9-3-1-2-8(4-9)10-5-11(14(18)19)7-12(6-10)15(20)21/h1-7H,(H,16,17)(H,18,19). The van der Waals surface area contributed by atoms with E-state index < -0.39 is 16.9 Å². The third-order valence-electron chi connectivity index (χ3n) is 2.82. The number of nitro benzene ring substituents is 1. The van der Waals surface area contributed by atoms with Crippen LogP contribution in [0.2, 0.25) is 0 Å². The first kappa shape index (κ1) is 14.2. The van der Waals surface area contributed by atoms with Gasteiger partial charge in [0.15, 0.2) is 0 Å². The number of non-ortho nitro benzene ring substituents is 1. The van der Waals surface area contributed by atoms with Crippen LogP contribution in [0.15, 0.2) is 42.5 Å². The van der Waals surface area contributed by atoms with Gasteiger partial charge in [-0.05, 0) is 29.3 Å². The maximum absolute atomic E-state index is 11.0. The summed E-state index contributed by atoms with van der Waals surface area (Å²) in [4.78, 5) is 32.1. The van der Waals surface area contributed by atoms with Gasteiger partial charge in [-0.15, -0.1) is 0 Å². The highest BCUT2D eigenvalue weighted by Gasteiger charge is 2.15. The Morgan fingerprint density at radius 3 is 2.10 bits per heavy atom. The zero-order valence-electron chi connectivity index (χ0n) is 10.5. The van der Waals surface area contributed by atoms with E-state index in [1.54, 1.807) is 6.07 Å². The Bertz CT molecular complexity index is 721. The van der Waals surface area contributed by atoms with E-state index in [2.05, 4.69) is 0 Å². The van der Waals surface area contributed by atoms with Crippen molar-refractivity contribution >= 4 is 17.6 Å². The average molecular weight is 287 g/mol. The Balaban J connectivity index is 2.62. The second-order valence-electron chi connectivity index (χ2n) is 4.22. The normalized spacial score (nSPS) is 10.1. The molecule has 0 heterocycles. The molecule has 106 valence electrons. The van der Waals surface area contributed by atoms with Crippen molar-refractivity contribution in [2.75, 3.05) is 0 Å². The summed E-state index contributed by atoms with van der Waals surface area (Å²) in [7, 11) is 0. The van der Waals surface area contributed by atoms with Crippen LogP contribution in [0.1, 0.15) is 20.7 Å². The average Bonchev–Trinajstić information content (AvgIpc) is 2.46. The second-order valence-corrected chi connectivity index (χ2v) is 4.22. The molecule has 21 heavy (non-hydrogen) atoms. The third kappa shape index (κ3) is 3.03. The van der Waals surface area contributed by atoms with Gasteiger partial charge in [-0.25, -0.2) is 9.59 Å². The lowest BCUT2D eigenvalue weighted by atomic mass is 10.00. The number of hydrogen-bond acceptors (Lipinski definition) is 4. The zero-order chi connectivity index (χ0) is 15.6. The fourth-order valence-electron chi connectivity index (χ4n) is 1.84. The summed E-state index contributed by atoms with van der Waals surface area (Å²) >= 11 is 0. The third-order valence-corrected chi connectivity index (χ3v) is 2.82. The first-order valence-corrected chi connectivity index (χ1v) is 5.75. The van der Waals surface area contributed by atoms with Crippen LogP contribution in [0.4, 0.5) is 5.69 Å². The molecule has 2 aromatic rings. The molecular formula is C14H9NO6.